The maximum atomic E-state index is 11.2. The van der Waals surface area contributed by atoms with Gasteiger partial charge in [-0.25, -0.2) is 0 Å². The van der Waals surface area contributed by atoms with Crippen LogP contribution in [0.5, 0.6) is 0 Å². The molecule has 0 saturated carbocycles. The summed E-state index contributed by atoms with van der Waals surface area (Å²) in [4.78, 5) is 11.2. The Hall–Kier alpha value is -0.220. The number of unbranched alkanes of at least 4 members (excludes halogenated alkanes) is 1. The van der Waals surface area contributed by atoms with Gasteiger partial charge in [-0.2, -0.15) is 11.8 Å². The Bertz CT molecular complexity index is 199. The monoisotopic (exact) mass is 247 g/mol. The Morgan fingerprint density at radius 1 is 1.31 bits per heavy atom. The second kappa shape index (κ2) is 8.88. The quantitative estimate of drug-likeness (QED) is 0.583. The zero-order valence-electron chi connectivity index (χ0n) is 10.7. The average molecular weight is 247 g/mol. The minimum absolute atomic E-state index is 0.691. The molecule has 0 aromatic carbocycles. The van der Waals surface area contributed by atoms with Crippen molar-refractivity contribution in [2.45, 2.75) is 52.0 Å². The van der Waals surface area contributed by atoms with Gasteiger partial charge in [-0.1, -0.05) is 20.3 Å². The highest BCUT2D eigenvalue weighted by Crippen LogP contribution is 2.15. The molecule has 96 valence electrons. The molecule has 16 heavy (non-hydrogen) atoms. The molecule has 0 aliphatic carbocycles. The third-order valence-electron chi connectivity index (χ3n) is 2.63. The van der Waals surface area contributed by atoms with Crippen molar-refractivity contribution < 1.29 is 9.90 Å². The van der Waals surface area contributed by atoms with E-state index in [4.69, 9.17) is 0 Å². The number of rotatable bonds is 10. The Morgan fingerprint density at radius 2 is 2.00 bits per heavy atom. The molecule has 0 bridgehead atoms. The second-order valence-corrected chi connectivity index (χ2v) is 5.50. The summed E-state index contributed by atoms with van der Waals surface area (Å²) in [6.07, 6.45) is 4.08. The average Bonchev–Trinajstić information content (AvgIpc) is 2.26. The highest BCUT2D eigenvalue weighted by atomic mass is 32.2. The van der Waals surface area contributed by atoms with Crippen molar-refractivity contribution >= 4 is 17.7 Å². The largest absolute Gasteiger partial charge is 0.480 e. The number of aliphatic carboxylic acids is 1. The van der Waals surface area contributed by atoms with Crippen LogP contribution in [0.15, 0.2) is 0 Å². The van der Waals surface area contributed by atoms with Gasteiger partial charge in [0.05, 0.1) is 0 Å². The van der Waals surface area contributed by atoms with E-state index in [9.17, 15) is 9.90 Å². The lowest BCUT2D eigenvalue weighted by atomic mass is 9.99. The van der Waals surface area contributed by atoms with Crippen LogP contribution in [0.4, 0.5) is 0 Å². The number of carboxylic acid groups (broad SMARTS) is 1. The Kier molecular flexibility index (Phi) is 8.76. The van der Waals surface area contributed by atoms with Crippen molar-refractivity contribution in [3.8, 4) is 0 Å². The minimum atomic E-state index is -0.755. The molecule has 0 aliphatic rings. The third-order valence-corrected chi connectivity index (χ3v) is 3.70. The summed E-state index contributed by atoms with van der Waals surface area (Å²) in [7, 11) is 0. The SMILES string of the molecule is CCCCSCCC(C)(NCCC)C(=O)O. The van der Waals surface area contributed by atoms with Crippen LogP contribution in [-0.2, 0) is 4.79 Å². The van der Waals surface area contributed by atoms with Crippen molar-refractivity contribution in [1.82, 2.24) is 5.32 Å². The summed E-state index contributed by atoms with van der Waals surface area (Å²) in [5.41, 5.74) is -0.755. The van der Waals surface area contributed by atoms with Gasteiger partial charge in [0.25, 0.3) is 0 Å². The Labute approximate surface area is 103 Å². The van der Waals surface area contributed by atoms with Crippen molar-refractivity contribution in [3.05, 3.63) is 0 Å². The van der Waals surface area contributed by atoms with Crippen molar-refractivity contribution in [2.75, 3.05) is 18.1 Å². The molecule has 1 unspecified atom stereocenters. The predicted octanol–water partition coefficient (Wildman–Crippen LogP) is 2.75. The van der Waals surface area contributed by atoms with E-state index in [2.05, 4.69) is 12.2 Å². The van der Waals surface area contributed by atoms with E-state index in [1.54, 1.807) is 6.92 Å². The molecule has 0 radical (unpaired) electrons. The third kappa shape index (κ3) is 6.38. The maximum absolute atomic E-state index is 11.2. The molecule has 0 spiro atoms. The highest BCUT2D eigenvalue weighted by molar-refractivity contribution is 7.99. The van der Waals surface area contributed by atoms with Gasteiger partial charge >= 0.3 is 5.97 Å². The summed E-state index contributed by atoms with van der Waals surface area (Å²) >= 11 is 1.85. The molecular weight excluding hydrogens is 222 g/mol. The first-order valence-electron chi connectivity index (χ1n) is 6.13. The van der Waals surface area contributed by atoms with Crippen LogP contribution in [0, 0.1) is 0 Å². The van der Waals surface area contributed by atoms with Crippen LogP contribution in [0.2, 0.25) is 0 Å². The van der Waals surface area contributed by atoms with Crippen molar-refractivity contribution in [2.24, 2.45) is 0 Å². The molecule has 0 fully saturated rings. The minimum Gasteiger partial charge on any atom is -0.480 e. The number of hydrogen-bond donors (Lipinski definition) is 2. The van der Waals surface area contributed by atoms with Crippen molar-refractivity contribution in [1.29, 1.82) is 0 Å². The van der Waals surface area contributed by atoms with Crippen molar-refractivity contribution in [3.63, 3.8) is 0 Å². The van der Waals surface area contributed by atoms with E-state index in [-0.39, 0.29) is 0 Å². The van der Waals surface area contributed by atoms with E-state index in [1.165, 1.54) is 12.8 Å². The zero-order chi connectivity index (χ0) is 12.4. The molecule has 0 rings (SSSR count). The number of hydrogen-bond acceptors (Lipinski definition) is 3. The molecule has 0 aromatic heterocycles. The molecule has 3 nitrogen and oxygen atoms in total. The molecule has 1 atom stereocenters. The van der Waals surface area contributed by atoms with E-state index < -0.39 is 11.5 Å². The van der Waals surface area contributed by atoms with Crippen LogP contribution in [0.3, 0.4) is 0 Å². The van der Waals surface area contributed by atoms with E-state index >= 15 is 0 Å². The van der Waals surface area contributed by atoms with Gasteiger partial charge in [0.15, 0.2) is 0 Å². The van der Waals surface area contributed by atoms with E-state index in [0.29, 0.717) is 6.42 Å². The molecule has 4 heteroatoms. The fraction of sp³-hybridized carbons (Fsp3) is 0.917. The van der Waals surface area contributed by atoms with Crippen LogP contribution in [0.25, 0.3) is 0 Å². The standard InChI is InChI=1S/C12H25NO2S/c1-4-6-9-16-10-7-12(3,11(14)15)13-8-5-2/h13H,4-10H2,1-3H3,(H,14,15). The highest BCUT2D eigenvalue weighted by Gasteiger charge is 2.31. The smallest absolute Gasteiger partial charge is 0.323 e. The molecule has 0 aliphatic heterocycles. The lowest BCUT2D eigenvalue weighted by Crippen LogP contribution is -2.50. The van der Waals surface area contributed by atoms with Crippen LogP contribution in [0.1, 0.15) is 46.5 Å². The predicted molar refractivity (Wildman–Crippen MR) is 71.2 cm³/mol. The van der Waals surface area contributed by atoms with Crippen LogP contribution >= 0.6 is 11.8 Å². The molecule has 0 aromatic rings. The van der Waals surface area contributed by atoms with Gasteiger partial charge in [0.1, 0.15) is 5.54 Å². The number of carboxylic acids is 1. The summed E-state index contributed by atoms with van der Waals surface area (Å²) in [5, 5.41) is 12.3. The fourth-order valence-electron chi connectivity index (χ4n) is 1.30. The van der Waals surface area contributed by atoms with Gasteiger partial charge in [-0.05, 0) is 44.2 Å². The first-order valence-corrected chi connectivity index (χ1v) is 7.28. The number of nitrogens with one attached hydrogen (secondary N) is 1. The molecule has 0 amide bonds. The first-order chi connectivity index (χ1) is 7.56. The summed E-state index contributed by atoms with van der Waals surface area (Å²) in [6.45, 7) is 6.77. The van der Waals surface area contributed by atoms with Crippen LogP contribution in [-0.4, -0.2) is 34.7 Å². The fourth-order valence-corrected chi connectivity index (χ4v) is 2.55. The summed E-state index contributed by atoms with van der Waals surface area (Å²) in [6, 6.07) is 0. The van der Waals surface area contributed by atoms with Gasteiger partial charge in [0, 0.05) is 0 Å². The van der Waals surface area contributed by atoms with Gasteiger partial charge in [-0.15, -0.1) is 0 Å². The Morgan fingerprint density at radius 3 is 2.50 bits per heavy atom. The zero-order valence-corrected chi connectivity index (χ0v) is 11.5. The lowest BCUT2D eigenvalue weighted by Gasteiger charge is -2.26. The number of carbonyl (C=O) groups is 1. The lowest BCUT2D eigenvalue weighted by molar-refractivity contribution is -0.144. The maximum Gasteiger partial charge on any atom is 0.323 e. The molecule has 2 N–H and O–H groups in total. The van der Waals surface area contributed by atoms with E-state index in [0.717, 1.165) is 24.5 Å². The van der Waals surface area contributed by atoms with Gasteiger partial charge < -0.3 is 10.4 Å². The topological polar surface area (TPSA) is 49.3 Å². The Balaban J connectivity index is 3.88. The first kappa shape index (κ1) is 15.8. The van der Waals surface area contributed by atoms with Gasteiger partial charge in [-0.3, -0.25) is 4.79 Å². The second-order valence-electron chi connectivity index (χ2n) is 4.28. The molecule has 0 saturated heterocycles. The number of thioether (sulfide) groups is 1. The van der Waals surface area contributed by atoms with Gasteiger partial charge in [0.2, 0.25) is 0 Å². The molecule has 0 heterocycles. The van der Waals surface area contributed by atoms with Crippen LogP contribution < -0.4 is 5.32 Å². The summed E-state index contributed by atoms with van der Waals surface area (Å²) in [5.74, 6) is 1.32. The summed E-state index contributed by atoms with van der Waals surface area (Å²) < 4.78 is 0. The normalized spacial score (nSPS) is 14.7. The molecular formula is C12H25NO2S. The van der Waals surface area contributed by atoms with E-state index in [1.807, 2.05) is 18.7 Å².